The van der Waals surface area contributed by atoms with Crippen molar-refractivity contribution in [1.82, 2.24) is 0 Å². The van der Waals surface area contributed by atoms with Gasteiger partial charge in [-0.05, 0) is 0 Å². The number of esters is 4. The molecule has 29 heavy (non-hydrogen) atoms. The number of alkyl halides is 6. The number of carbonyl (C=O) groups is 4. The zero-order valence-corrected chi connectivity index (χ0v) is 21.5. The van der Waals surface area contributed by atoms with Crippen LogP contribution >= 0.6 is 39.6 Å². The first-order valence-electron chi connectivity index (χ1n) is 9.24. The van der Waals surface area contributed by atoms with Crippen LogP contribution in [0, 0.1) is 23.7 Å². The van der Waals surface area contributed by atoms with Crippen molar-refractivity contribution in [3.8, 4) is 0 Å². The van der Waals surface area contributed by atoms with Gasteiger partial charge >= 0.3 is 186 Å². The number of hydrogen-bond acceptors (Lipinski definition) is 8. The third kappa shape index (κ3) is 4.52. The topological polar surface area (TPSA) is 105 Å². The first kappa shape index (κ1) is 23.0. The zero-order chi connectivity index (χ0) is 21.5. The normalized spacial score (nSPS) is 33.6. The zero-order valence-electron chi connectivity index (χ0n) is 17.2. The van der Waals surface area contributed by atoms with E-state index in [1.165, 1.54) is 7.11 Å². The molecule has 8 nitrogen and oxygen atoms in total. The van der Waals surface area contributed by atoms with Crippen LogP contribution < -0.4 is 0 Å². The fourth-order valence-electron chi connectivity index (χ4n) is 4.64. The molecule has 3 rings (SSSR count). The quantitative estimate of drug-likeness (QED) is 0.170. The summed E-state index contributed by atoms with van der Waals surface area (Å²) in [6.07, 6.45) is -0.638. The molecule has 0 amide bonds. The molecular weight excluding hydrogens is 610 g/mol. The molecule has 0 aromatic carbocycles. The van der Waals surface area contributed by atoms with Crippen molar-refractivity contribution >= 4 is 63.5 Å². The minimum atomic E-state index is -1.42. The van der Waals surface area contributed by atoms with Crippen molar-refractivity contribution in [2.24, 2.45) is 23.7 Å². The van der Waals surface area contributed by atoms with Gasteiger partial charge in [0.05, 0.1) is 0 Å². The van der Waals surface area contributed by atoms with E-state index in [-0.39, 0.29) is 21.7 Å². The molecule has 1 aliphatic heterocycles. The summed E-state index contributed by atoms with van der Waals surface area (Å²) in [5.41, 5.74) is 0. The van der Waals surface area contributed by atoms with Gasteiger partial charge in [0, 0.05) is 0 Å². The number of methoxy groups -OCH3 is 1. The van der Waals surface area contributed by atoms with E-state index < -0.39 is 88.2 Å². The first-order valence-corrected chi connectivity index (χ1v) is 20.6. The molecule has 7 atom stereocenters. The Morgan fingerprint density at radius 2 is 1.86 bits per heavy atom. The van der Waals surface area contributed by atoms with Crippen molar-refractivity contribution in [2.45, 2.75) is 22.6 Å². The van der Waals surface area contributed by atoms with Crippen LogP contribution in [0.5, 0.6) is 0 Å². The Labute approximate surface area is 184 Å². The number of ether oxygens (including phenoxy) is 4. The molecule has 2 aliphatic carbocycles. The van der Waals surface area contributed by atoms with Crippen LogP contribution in [0.25, 0.3) is 0 Å². The molecule has 166 valence electrons. The molecule has 3 fully saturated rings. The summed E-state index contributed by atoms with van der Waals surface area (Å²) in [7, 11) is 1.28. The molecule has 1 saturated heterocycles. The van der Waals surface area contributed by atoms with Gasteiger partial charge in [-0.2, -0.15) is 0 Å². The maximum absolute atomic E-state index is 12.4. The predicted octanol–water partition coefficient (Wildman–Crippen LogP) is 1.32. The summed E-state index contributed by atoms with van der Waals surface area (Å²) < 4.78 is 21.9. The van der Waals surface area contributed by atoms with Gasteiger partial charge in [-0.3, -0.25) is 0 Å². The van der Waals surface area contributed by atoms with Crippen LogP contribution in [0.15, 0.2) is 0 Å². The van der Waals surface area contributed by atoms with Crippen LogP contribution in [-0.2, 0) is 38.1 Å². The van der Waals surface area contributed by atoms with Crippen LogP contribution in [-0.4, -0.2) is 77.9 Å². The molecule has 2 bridgehead atoms. The Morgan fingerprint density at radius 1 is 1.17 bits per heavy atom. The SMILES string of the molecule is COC(=O)C1C2CC3C(OC(=O)C31)C2OC(=O)COC(=O)C(CI(C)C)I(C)C. The van der Waals surface area contributed by atoms with E-state index in [4.69, 9.17) is 18.9 Å². The first-order chi connectivity index (χ1) is 13.6. The summed E-state index contributed by atoms with van der Waals surface area (Å²) >= 11 is -2.51. The van der Waals surface area contributed by atoms with E-state index in [9.17, 15) is 19.2 Å². The predicted molar refractivity (Wildman–Crippen MR) is 122 cm³/mol. The van der Waals surface area contributed by atoms with Gasteiger partial charge in [0.25, 0.3) is 0 Å². The fraction of sp³-hybridized carbons (Fsp3) is 0.789. The van der Waals surface area contributed by atoms with Gasteiger partial charge in [0.1, 0.15) is 0 Å². The molecule has 3 aliphatic rings. The second-order valence-electron chi connectivity index (χ2n) is 7.95. The molecule has 0 aromatic rings. The third-order valence-electron chi connectivity index (χ3n) is 5.85. The summed E-state index contributed by atoms with van der Waals surface area (Å²) in [4.78, 5) is 57.8. The van der Waals surface area contributed by atoms with E-state index >= 15 is 0 Å². The second kappa shape index (κ2) is 9.23. The average molecular weight is 638 g/mol. The van der Waals surface area contributed by atoms with Crippen molar-refractivity contribution in [3.63, 3.8) is 0 Å². The summed E-state index contributed by atoms with van der Waals surface area (Å²) in [5.74, 6) is -3.48. The van der Waals surface area contributed by atoms with E-state index in [0.717, 1.165) is 4.43 Å². The Morgan fingerprint density at radius 3 is 2.45 bits per heavy atom. The van der Waals surface area contributed by atoms with E-state index in [0.29, 0.717) is 6.42 Å². The molecular formula is C19H28I2O8. The van der Waals surface area contributed by atoms with E-state index in [1.54, 1.807) is 0 Å². The molecule has 1 heterocycles. The van der Waals surface area contributed by atoms with Gasteiger partial charge in [-0.1, -0.05) is 0 Å². The van der Waals surface area contributed by atoms with Crippen LogP contribution in [0.4, 0.5) is 0 Å². The van der Waals surface area contributed by atoms with Crippen molar-refractivity contribution < 1.29 is 38.1 Å². The Hall–Kier alpha value is -0.660. The number of fused-ring (bicyclic) bond motifs is 1. The molecule has 10 heteroatoms. The molecule has 0 radical (unpaired) electrons. The Balaban J connectivity index is 1.59. The van der Waals surface area contributed by atoms with Gasteiger partial charge < -0.3 is 0 Å². The summed E-state index contributed by atoms with van der Waals surface area (Å²) in [6.45, 7) is -0.457. The second-order valence-corrected chi connectivity index (χ2v) is 20.2. The Kier molecular flexibility index (Phi) is 7.32. The minimum absolute atomic E-state index is 0.0602. The Bertz CT molecular complexity index is 694. The van der Waals surface area contributed by atoms with Crippen molar-refractivity contribution in [3.05, 3.63) is 0 Å². The van der Waals surface area contributed by atoms with Gasteiger partial charge in [0.2, 0.25) is 0 Å². The number of rotatable bonds is 8. The fourth-order valence-corrected chi connectivity index (χ4v) is 17.3. The molecule has 0 N–H and O–H groups in total. The third-order valence-corrected chi connectivity index (χ3v) is 14.1. The number of carbonyl (C=O) groups excluding carboxylic acids is 4. The summed E-state index contributed by atoms with van der Waals surface area (Å²) in [6, 6.07) is 0. The molecule has 0 aromatic heterocycles. The van der Waals surface area contributed by atoms with Crippen LogP contribution in [0.2, 0.25) is 0 Å². The number of halogens is 2. The number of hydrogen-bond donors (Lipinski definition) is 0. The van der Waals surface area contributed by atoms with Gasteiger partial charge in [-0.15, -0.1) is 0 Å². The van der Waals surface area contributed by atoms with E-state index in [1.807, 2.05) is 0 Å². The van der Waals surface area contributed by atoms with E-state index in [2.05, 4.69) is 19.7 Å². The standard InChI is InChI=1S/C19H28I2O8/c1-20(2)7-11(21(3)4)17(23)27-8-12(22)28-15-9-6-10-14(13(9)18(24)26-5)19(25)29-16(10)15/h9-11,13-16H,6-8H2,1-5H3. The van der Waals surface area contributed by atoms with Crippen LogP contribution in [0.1, 0.15) is 6.42 Å². The molecule has 7 unspecified atom stereocenters. The van der Waals surface area contributed by atoms with Crippen molar-refractivity contribution in [1.29, 1.82) is 0 Å². The van der Waals surface area contributed by atoms with Crippen LogP contribution in [0.3, 0.4) is 0 Å². The molecule has 0 spiro atoms. The van der Waals surface area contributed by atoms with Crippen molar-refractivity contribution in [2.75, 3.05) is 37.9 Å². The molecule has 2 saturated carbocycles. The summed E-state index contributed by atoms with van der Waals surface area (Å²) in [5, 5.41) is 0. The monoisotopic (exact) mass is 638 g/mol. The average Bonchev–Trinajstić information content (AvgIpc) is 3.26. The maximum atomic E-state index is 12.4. The van der Waals surface area contributed by atoms with Gasteiger partial charge in [0.15, 0.2) is 0 Å². The van der Waals surface area contributed by atoms with Gasteiger partial charge in [-0.25, -0.2) is 0 Å².